The minimum absolute atomic E-state index is 0.0224. The minimum atomic E-state index is -3.42. The molecule has 8 nitrogen and oxygen atoms in total. The number of piperidine rings is 1. The lowest BCUT2D eigenvalue weighted by molar-refractivity contribution is -0.0528. The summed E-state index contributed by atoms with van der Waals surface area (Å²) in [5.74, 6) is 0.982. The number of carbonyl (C=O) groups is 1. The summed E-state index contributed by atoms with van der Waals surface area (Å²) in [6.07, 6.45) is 6.82. The van der Waals surface area contributed by atoms with E-state index in [2.05, 4.69) is 29.0 Å². The summed E-state index contributed by atoms with van der Waals surface area (Å²) in [5, 5.41) is 0. The van der Waals surface area contributed by atoms with E-state index in [9.17, 15) is 13.2 Å². The fourth-order valence-corrected chi connectivity index (χ4v) is 7.99. The molecule has 1 amide bonds. The molecule has 3 aliphatic rings. The van der Waals surface area contributed by atoms with Crippen LogP contribution in [0, 0.1) is 0 Å². The Morgan fingerprint density at radius 2 is 1.79 bits per heavy atom. The molecule has 1 spiro atoms. The van der Waals surface area contributed by atoms with E-state index in [0.717, 1.165) is 36.1 Å². The maximum absolute atomic E-state index is 13.3. The molecule has 9 heteroatoms. The van der Waals surface area contributed by atoms with Crippen LogP contribution in [-0.2, 0) is 26.1 Å². The van der Waals surface area contributed by atoms with Crippen molar-refractivity contribution in [1.29, 1.82) is 0 Å². The van der Waals surface area contributed by atoms with Gasteiger partial charge in [-0.15, -0.1) is 0 Å². The quantitative estimate of drug-likeness (QED) is 0.417. The first-order valence-corrected chi connectivity index (χ1v) is 16.8. The molecule has 0 saturated carbocycles. The lowest BCUT2D eigenvalue weighted by Crippen LogP contribution is -2.69. The summed E-state index contributed by atoms with van der Waals surface area (Å²) in [6, 6.07) is 17.9. The van der Waals surface area contributed by atoms with Gasteiger partial charge in [0.15, 0.2) is 0 Å². The molecule has 2 aliphatic heterocycles. The van der Waals surface area contributed by atoms with Gasteiger partial charge in [-0.25, -0.2) is 17.9 Å². The molecule has 0 radical (unpaired) electrons. The molecule has 1 aliphatic carbocycles. The van der Waals surface area contributed by atoms with E-state index in [1.165, 1.54) is 5.57 Å². The van der Waals surface area contributed by atoms with Crippen LogP contribution >= 0.6 is 0 Å². The van der Waals surface area contributed by atoms with Gasteiger partial charge in [0.25, 0.3) is 0 Å². The summed E-state index contributed by atoms with van der Waals surface area (Å²) in [7, 11) is -3.42. The SMILES string of the molecule is CC(C)(C)OC(=O)N1CCC[C@@]2(CCCS(=O)(=O)N2)[C@@H]1COC1CC=C(c2ccccc2OCc2ccccc2)CC1. The van der Waals surface area contributed by atoms with Gasteiger partial charge in [0.05, 0.1) is 30.0 Å². The van der Waals surface area contributed by atoms with Crippen LogP contribution in [0.2, 0.25) is 0 Å². The summed E-state index contributed by atoms with van der Waals surface area (Å²) >= 11 is 0. The summed E-state index contributed by atoms with van der Waals surface area (Å²) < 4.78 is 46.8. The molecule has 1 N–H and O–H groups in total. The number of nitrogens with zero attached hydrogens (tertiary/aromatic N) is 1. The number of sulfonamides is 1. The molecule has 42 heavy (non-hydrogen) atoms. The zero-order valence-corrected chi connectivity index (χ0v) is 25.8. The molecule has 228 valence electrons. The number of likely N-dealkylation sites (tertiary alicyclic amines) is 1. The smallest absolute Gasteiger partial charge is 0.410 e. The van der Waals surface area contributed by atoms with Crippen LogP contribution in [0.15, 0.2) is 60.7 Å². The van der Waals surface area contributed by atoms with Crippen LogP contribution in [0.4, 0.5) is 4.79 Å². The lowest BCUT2D eigenvalue weighted by Gasteiger charge is -2.51. The Morgan fingerprint density at radius 3 is 2.50 bits per heavy atom. The summed E-state index contributed by atoms with van der Waals surface area (Å²) in [6.45, 7) is 6.81. The number of amides is 1. The van der Waals surface area contributed by atoms with Crippen molar-refractivity contribution in [1.82, 2.24) is 9.62 Å². The first-order chi connectivity index (χ1) is 20.0. The molecule has 1 unspecified atom stereocenters. The normalized spacial score (nSPS) is 26.0. The van der Waals surface area contributed by atoms with Crippen molar-refractivity contribution in [2.75, 3.05) is 18.9 Å². The average molecular weight is 597 g/mol. The Hall–Kier alpha value is -2.88. The second-order valence-corrected chi connectivity index (χ2v) is 14.5. The molecule has 2 heterocycles. The second kappa shape index (κ2) is 12.8. The number of hydrogen-bond acceptors (Lipinski definition) is 6. The van der Waals surface area contributed by atoms with Crippen LogP contribution < -0.4 is 9.46 Å². The third-order valence-electron chi connectivity index (χ3n) is 8.38. The maximum Gasteiger partial charge on any atom is 0.410 e. The standard InChI is InChI=1S/C33H44N2O6S/c1-32(2,3)41-31(36)35-21-9-19-33(20-10-22-42(37,38)34-33)30(35)24-39-27-17-15-26(16-18-27)28-13-7-8-14-29(28)40-23-25-11-5-4-6-12-25/h4-8,11-15,27,30,34H,9-10,16-24H2,1-3H3/t27?,30-,33+/m0/s1. The first kappa shape index (κ1) is 30.6. The van der Waals surface area contributed by atoms with Gasteiger partial charge < -0.3 is 19.1 Å². The molecule has 2 aromatic rings. The number of benzene rings is 2. The van der Waals surface area contributed by atoms with Gasteiger partial charge in [-0.1, -0.05) is 54.6 Å². The van der Waals surface area contributed by atoms with E-state index in [-0.39, 0.29) is 18.5 Å². The van der Waals surface area contributed by atoms with Gasteiger partial charge in [-0.3, -0.25) is 0 Å². The maximum atomic E-state index is 13.3. The van der Waals surface area contributed by atoms with Crippen LogP contribution in [0.1, 0.15) is 76.8 Å². The molecule has 5 rings (SSSR count). The van der Waals surface area contributed by atoms with Crippen LogP contribution in [0.3, 0.4) is 0 Å². The third-order valence-corrected chi connectivity index (χ3v) is 9.93. The average Bonchev–Trinajstić information content (AvgIpc) is 2.95. The number of carbonyl (C=O) groups excluding carboxylic acids is 1. The number of hydrogen-bond donors (Lipinski definition) is 1. The Balaban J connectivity index is 1.27. The molecule has 2 fully saturated rings. The van der Waals surface area contributed by atoms with Gasteiger partial charge in [-0.2, -0.15) is 0 Å². The summed E-state index contributed by atoms with van der Waals surface area (Å²) in [4.78, 5) is 15.0. The Labute approximate surface area is 250 Å². The number of para-hydroxylation sites is 1. The van der Waals surface area contributed by atoms with Crippen LogP contribution in [0.25, 0.3) is 5.57 Å². The van der Waals surface area contributed by atoms with E-state index in [0.29, 0.717) is 38.8 Å². The highest BCUT2D eigenvalue weighted by atomic mass is 32.2. The van der Waals surface area contributed by atoms with Crippen molar-refractivity contribution in [2.24, 2.45) is 0 Å². The van der Waals surface area contributed by atoms with Gasteiger partial charge in [-0.05, 0) is 82.9 Å². The van der Waals surface area contributed by atoms with Crippen molar-refractivity contribution >= 4 is 21.7 Å². The van der Waals surface area contributed by atoms with Gasteiger partial charge >= 0.3 is 6.09 Å². The van der Waals surface area contributed by atoms with Crippen molar-refractivity contribution in [3.63, 3.8) is 0 Å². The number of nitrogens with one attached hydrogen (secondary N) is 1. The monoisotopic (exact) mass is 596 g/mol. The van der Waals surface area contributed by atoms with Crippen LogP contribution in [0.5, 0.6) is 5.75 Å². The number of allylic oxidation sites excluding steroid dienone is 1. The predicted molar refractivity (Wildman–Crippen MR) is 164 cm³/mol. The highest BCUT2D eigenvalue weighted by molar-refractivity contribution is 7.89. The lowest BCUT2D eigenvalue weighted by atomic mass is 9.78. The third kappa shape index (κ3) is 7.54. The molecule has 0 bridgehead atoms. The zero-order chi connectivity index (χ0) is 29.8. The molecule has 2 aromatic carbocycles. The molecule has 2 saturated heterocycles. The van der Waals surface area contributed by atoms with Crippen molar-refractivity contribution < 1.29 is 27.4 Å². The minimum Gasteiger partial charge on any atom is -0.488 e. The summed E-state index contributed by atoms with van der Waals surface area (Å²) in [5.41, 5.74) is 2.08. The van der Waals surface area contributed by atoms with E-state index < -0.39 is 33.3 Å². The molecule has 3 atom stereocenters. The predicted octanol–water partition coefficient (Wildman–Crippen LogP) is 6.07. The van der Waals surface area contributed by atoms with Crippen LogP contribution in [-0.4, -0.2) is 61.6 Å². The number of rotatable bonds is 7. The first-order valence-electron chi connectivity index (χ1n) is 15.1. The van der Waals surface area contributed by atoms with E-state index >= 15 is 0 Å². The van der Waals surface area contributed by atoms with Gasteiger partial charge in [0, 0.05) is 12.1 Å². The largest absolute Gasteiger partial charge is 0.488 e. The van der Waals surface area contributed by atoms with Crippen molar-refractivity contribution in [2.45, 2.75) is 95.6 Å². The Kier molecular flexibility index (Phi) is 9.30. The van der Waals surface area contributed by atoms with E-state index in [1.54, 1.807) is 4.90 Å². The Bertz CT molecular complexity index is 1370. The fraction of sp³-hybridized carbons (Fsp3) is 0.545. The topological polar surface area (TPSA) is 94.2 Å². The van der Waals surface area contributed by atoms with Crippen molar-refractivity contribution in [3.8, 4) is 5.75 Å². The highest BCUT2D eigenvalue weighted by Crippen LogP contribution is 2.38. The fourth-order valence-electron chi connectivity index (χ4n) is 6.40. The van der Waals surface area contributed by atoms with E-state index in [1.807, 2.05) is 57.2 Å². The number of ether oxygens (including phenoxy) is 3. The van der Waals surface area contributed by atoms with E-state index in [4.69, 9.17) is 14.2 Å². The van der Waals surface area contributed by atoms with Gasteiger partial charge in [0.2, 0.25) is 10.0 Å². The van der Waals surface area contributed by atoms with Crippen molar-refractivity contribution in [3.05, 3.63) is 71.8 Å². The molecular formula is C33H44N2O6S. The second-order valence-electron chi connectivity index (χ2n) is 12.7. The highest BCUT2D eigenvalue weighted by Gasteiger charge is 2.51. The zero-order valence-electron chi connectivity index (χ0n) is 25.0. The molecular weight excluding hydrogens is 552 g/mol. The Morgan fingerprint density at radius 1 is 1.05 bits per heavy atom. The van der Waals surface area contributed by atoms with Gasteiger partial charge in [0.1, 0.15) is 18.0 Å². The molecule has 0 aromatic heterocycles.